The highest BCUT2D eigenvalue weighted by Crippen LogP contribution is 2.22. The fourth-order valence-electron chi connectivity index (χ4n) is 1.77. The van der Waals surface area contributed by atoms with Crippen LogP contribution in [0.5, 0.6) is 0 Å². The van der Waals surface area contributed by atoms with Crippen LogP contribution >= 0.6 is 22.9 Å². The Hall–Kier alpha value is -1.43. The first kappa shape index (κ1) is 15.0. The van der Waals surface area contributed by atoms with Crippen molar-refractivity contribution in [2.45, 2.75) is 6.54 Å². The van der Waals surface area contributed by atoms with Gasteiger partial charge in [-0.25, -0.2) is 4.39 Å². The van der Waals surface area contributed by atoms with Gasteiger partial charge in [0.2, 0.25) is 5.91 Å². The third-order valence-electron chi connectivity index (χ3n) is 2.58. The number of nitrogens with zero attached hydrogens (tertiary/aromatic N) is 1. The number of anilines is 1. The third kappa shape index (κ3) is 4.59. The molecule has 106 valence electrons. The van der Waals surface area contributed by atoms with Crippen molar-refractivity contribution in [3.05, 3.63) is 51.4 Å². The molecule has 20 heavy (non-hydrogen) atoms. The highest BCUT2D eigenvalue weighted by molar-refractivity contribution is 7.16. The third-order valence-corrected chi connectivity index (χ3v) is 3.79. The molecule has 1 N–H and O–H groups in total. The van der Waals surface area contributed by atoms with Gasteiger partial charge in [-0.3, -0.25) is 9.69 Å². The van der Waals surface area contributed by atoms with Crippen molar-refractivity contribution in [2.24, 2.45) is 0 Å². The number of thiophene rings is 1. The van der Waals surface area contributed by atoms with E-state index in [9.17, 15) is 9.18 Å². The van der Waals surface area contributed by atoms with Gasteiger partial charge in [-0.15, -0.1) is 11.3 Å². The van der Waals surface area contributed by atoms with Crippen molar-refractivity contribution in [3.8, 4) is 0 Å². The number of halogens is 2. The Morgan fingerprint density at radius 2 is 2.20 bits per heavy atom. The summed E-state index contributed by atoms with van der Waals surface area (Å²) in [6.45, 7) is 0.875. The zero-order valence-electron chi connectivity index (χ0n) is 10.9. The summed E-state index contributed by atoms with van der Waals surface area (Å²) in [6.07, 6.45) is 0. The van der Waals surface area contributed by atoms with E-state index in [1.807, 2.05) is 24.1 Å². The molecule has 1 heterocycles. The van der Waals surface area contributed by atoms with E-state index in [2.05, 4.69) is 5.32 Å². The first-order chi connectivity index (χ1) is 9.52. The SMILES string of the molecule is CN(CC(=O)Nc1cccc(F)c1)Cc1ccc(Cl)s1. The minimum Gasteiger partial charge on any atom is -0.325 e. The minimum atomic E-state index is -0.371. The maximum absolute atomic E-state index is 13.0. The molecule has 1 amide bonds. The van der Waals surface area contributed by atoms with Crippen LogP contribution < -0.4 is 5.32 Å². The molecule has 0 saturated heterocycles. The second-order valence-corrected chi connectivity index (χ2v) is 6.24. The standard InChI is InChI=1S/C14H14ClFN2OS/c1-18(8-12-5-6-13(15)20-12)9-14(19)17-11-4-2-3-10(16)7-11/h2-7H,8-9H2,1H3,(H,17,19). The molecule has 0 fully saturated rings. The molecule has 0 aliphatic rings. The fourth-order valence-corrected chi connectivity index (χ4v) is 2.94. The Balaban J connectivity index is 1.84. The summed E-state index contributed by atoms with van der Waals surface area (Å²) in [4.78, 5) is 14.8. The zero-order valence-corrected chi connectivity index (χ0v) is 12.5. The summed E-state index contributed by atoms with van der Waals surface area (Å²) in [5.74, 6) is -0.551. The van der Waals surface area contributed by atoms with Crippen molar-refractivity contribution >= 4 is 34.5 Å². The molecular weight excluding hydrogens is 299 g/mol. The van der Waals surface area contributed by atoms with Gasteiger partial charge >= 0.3 is 0 Å². The summed E-state index contributed by atoms with van der Waals surface area (Å²) in [5.41, 5.74) is 0.461. The van der Waals surface area contributed by atoms with Gasteiger partial charge in [0.25, 0.3) is 0 Å². The summed E-state index contributed by atoms with van der Waals surface area (Å²) in [6, 6.07) is 9.61. The second kappa shape index (κ2) is 6.83. The molecule has 0 spiro atoms. The first-order valence-corrected chi connectivity index (χ1v) is 7.20. The van der Waals surface area contributed by atoms with E-state index in [0.29, 0.717) is 12.2 Å². The van der Waals surface area contributed by atoms with E-state index in [4.69, 9.17) is 11.6 Å². The number of carbonyl (C=O) groups excluding carboxylic acids is 1. The summed E-state index contributed by atoms with van der Waals surface area (Å²) in [5, 5.41) is 2.66. The van der Waals surface area contributed by atoms with Crippen LogP contribution in [0.3, 0.4) is 0 Å². The van der Waals surface area contributed by atoms with Gasteiger partial charge in [0.05, 0.1) is 10.9 Å². The lowest BCUT2D eigenvalue weighted by Gasteiger charge is -2.15. The van der Waals surface area contributed by atoms with E-state index in [-0.39, 0.29) is 18.3 Å². The number of hydrogen-bond acceptors (Lipinski definition) is 3. The average molecular weight is 313 g/mol. The van der Waals surface area contributed by atoms with E-state index in [1.165, 1.54) is 23.5 Å². The van der Waals surface area contributed by atoms with Crippen molar-refractivity contribution in [2.75, 3.05) is 18.9 Å². The van der Waals surface area contributed by atoms with Crippen LogP contribution in [-0.2, 0) is 11.3 Å². The Morgan fingerprint density at radius 3 is 2.85 bits per heavy atom. The van der Waals surface area contributed by atoms with E-state index < -0.39 is 0 Å². The predicted molar refractivity (Wildman–Crippen MR) is 80.7 cm³/mol. The predicted octanol–water partition coefficient (Wildman–Crippen LogP) is 3.61. The lowest BCUT2D eigenvalue weighted by atomic mass is 10.3. The smallest absolute Gasteiger partial charge is 0.238 e. The van der Waals surface area contributed by atoms with Crippen LogP contribution in [-0.4, -0.2) is 24.4 Å². The molecule has 0 aliphatic heterocycles. The summed E-state index contributed by atoms with van der Waals surface area (Å²) >= 11 is 7.35. The number of likely N-dealkylation sites (N-methyl/N-ethyl adjacent to an activating group) is 1. The van der Waals surface area contributed by atoms with E-state index >= 15 is 0 Å². The van der Waals surface area contributed by atoms with Crippen LogP contribution in [0.4, 0.5) is 10.1 Å². The average Bonchev–Trinajstić information content (AvgIpc) is 2.74. The van der Waals surface area contributed by atoms with Crippen LogP contribution in [0.2, 0.25) is 4.34 Å². The highest BCUT2D eigenvalue weighted by Gasteiger charge is 2.09. The molecule has 6 heteroatoms. The molecule has 1 aromatic heterocycles. The monoisotopic (exact) mass is 312 g/mol. The molecule has 1 aromatic carbocycles. The summed E-state index contributed by atoms with van der Waals surface area (Å²) < 4.78 is 13.7. The second-order valence-electron chi connectivity index (χ2n) is 4.44. The normalized spacial score (nSPS) is 10.8. The number of nitrogens with one attached hydrogen (secondary N) is 1. The lowest BCUT2D eigenvalue weighted by Crippen LogP contribution is -2.29. The van der Waals surface area contributed by atoms with Gasteiger partial charge < -0.3 is 5.32 Å². The maximum Gasteiger partial charge on any atom is 0.238 e. The van der Waals surface area contributed by atoms with Crippen LogP contribution in [0.1, 0.15) is 4.88 Å². The zero-order chi connectivity index (χ0) is 14.5. The number of rotatable bonds is 5. The van der Waals surface area contributed by atoms with Crippen molar-refractivity contribution in [3.63, 3.8) is 0 Å². The van der Waals surface area contributed by atoms with Crippen LogP contribution in [0, 0.1) is 5.82 Å². The molecule has 0 atom stereocenters. The van der Waals surface area contributed by atoms with Crippen LogP contribution in [0.25, 0.3) is 0 Å². The molecule has 2 rings (SSSR count). The van der Waals surface area contributed by atoms with E-state index in [0.717, 1.165) is 9.21 Å². The largest absolute Gasteiger partial charge is 0.325 e. The van der Waals surface area contributed by atoms with Crippen molar-refractivity contribution in [1.29, 1.82) is 0 Å². The Bertz CT molecular complexity index is 602. The molecule has 2 aromatic rings. The number of amides is 1. The number of carbonyl (C=O) groups is 1. The van der Waals surface area contributed by atoms with Crippen LogP contribution in [0.15, 0.2) is 36.4 Å². The molecule has 0 unspecified atom stereocenters. The Morgan fingerprint density at radius 1 is 1.40 bits per heavy atom. The van der Waals surface area contributed by atoms with Gasteiger partial charge in [-0.1, -0.05) is 17.7 Å². The van der Waals surface area contributed by atoms with Gasteiger partial charge in [0.15, 0.2) is 0 Å². The van der Waals surface area contributed by atoms with Gasteiger partial charge in [-0.05, 0) is 37.4 Å². The maximum atomic E-state index is 13.0. The quantitative estimate of drug-likeness (QED) is 0.914. The van der Waals surface area contributed by atoms with Gasteiger partial charge in [0.1, 0.15) is 5.82 Å². The lowest BCUT2D eigenvalue weighted by molar-refractivity contribution is -0.117. The topological polar surface area (TPSA) is 32.3 Å². The van der Waals surface area contributed by atoms with Gasteiger partial charge in [0, 0.05) is 17.1 Å². The Labute approximate surface area is 126 Å². The number of hydrogen-bond donors (Lipinski definition) is 1. The molecular formula is C14H14ClFN2OS. The van der Waals surface area contributed by atoms with Crippen molar-refractivity contribution in [1.82, 2.24) is 4.90 Å². The minimum absolute atomic E-state index is 0.180. The molecule has 0 bridgehead atoms. The van der Waals surface area contributed by atoms with Gasteiger partial charge in [-0.2, -0.15) is 0 Å². The molecule has 0 aliphatic carbocycles. The first-order valence-electron chi connectivity index (χ1n) is 6.01. The molecule has 0 saturated carbocycles. The van der Waals surface area contributed by atoms with Crippen molar-refractivity contribution < 1.29 is 9.18 Å². The van der Waals surface area contributed by atoms with E-state index in [1.54, 1.807) is 12.1 Å². The molecule has 0 radical (unpaired) electrons. The molecule has 3 nitrogen and oxygen atoms in total. The summed E-state index contributed by atoms with van der Waals surface area (Å²) in [7, 11) is 1.85. The number of benzene rings is 1. The fraction of sp³-hybridized carbons (Fsp3) is 0.214. The Kier molecular flexibility index (Phi) is 5.11. The highest BCUT2D eigenvalue weighted by atomic mass is 35.5.